The molecule has 5 N–H and O–H groups in total. The normalized spacial score (nSPS) is 37.4. The predicted octanol–water partition coefficient (Wildman–Crippen LogP) is -2.44. The summed E-state index contributed by atoms with van der Waals surface area (Å²) in [6.45, 7) is 4.35. The number of rotatable bonds is 13. The fourth-order valence-corrected chi connectivity index (χ4v) is 5.78. The number of esters is 1. The molecule has 210 valence electrons. The summed E-state index contributed by atoms with van der Waals surface area (Å²) < 4.78 is 49.5. The van der Waals surface area contributed by atoms with Crippen LogP contribution in [0.2, 0.25) is 0 Å². The average Bonchev–Trinajstić information content (AvgIpc) is 2.84. The number of hydrogen-bond acceptors (Lipinski definition) is 14. The first-order valence-electron chi connectivity index (χ1n) is 11.4. The molecule has 0 radical (unpaired) electrons. The Morgan fingerprint density at radius 2 is 1.61 bits per heavy atom. The highest BCUT2D eigenvalue weighted by molar-refractivity contribution is 8.01. The lowest BCUT2D eigenvalue weighted by molar-refractivity contribution is -0.314. The van der Waals surface area contributed by atoms with Gasteiger partial charge >= 0.3 is 5.97 Å². The lowest BCUT2D eigenvalue weighted by Crippen LogP contribution is -2.61. The molecule has 2 heterocycles. The van der Waals surface area contributed by atoms with Crippen molar-refractivity contribution in [3.8, 4) is 0 Å². The molecule has 13 nitrogen and oxygen atoms in total. The third-order valence-electron chi connectivity index (χ3n) is 5.83. The van der Waals surface area contributed by atoms with Crippen LogP contribution in [0.5, 0.6) is 0 Å². The molecule has 0 bridgehead atoms. The Balaban J connectivity index is 1.82. The van der Waals surface area contributed by atoms with E-state index in [0.29, 0.717) is 5.75 Å². The SMILES string of the molecule is C=CS(=O)(=O)CCSCCC(=O)OC1C(C)OC(COC2OC(COC)C(O)C(O)C2O)C(O)C1O. The molecule has 2 rings (SSSR count). The Morgan fingerprint density at radius 3 is 2.25 bits per heavy atom. The van der Waals surface area contributed by atoms with Crippen molar-refractivity contribution >= 4 is 27.6 Å². The van der Waals surface area contributed by atoms with E-state index < -0.39 is 77.0 Å². The summed E-state index contributed by atoms with van der Waals surface area (Å²) in [5.41, 5.74) is 0. The zero-order chi connectivity index (χ0) is 27.0. The zero-order valence-electron chi connectivity index (χ0n) is 20.1. The van der Waals surface area contributed by atoms with Crippen molar-refractivity contribution in [1.29, 1.82) is 0 Å². The van der Waals surface area contributed by atoms with Gasteiger partial charge in [-0.1, -0.05) is 6.58 Å². The molecule has 15 heteroatoms. The maximum absolute atomic E-state index is 12.2. The number of thioether (sulfide) groups is 1. The van der Waals surface area contributed by atoms with Crippen LogP contribution in [0.25, 0.3) is 0 Å². The summed E-state index contributed by atoms with van der Waals surface area (Å²) in [5, 5.41) is 52.0. The summed E-state index contributed by atoms with van der Waals surface area (Å²) in [4.78, 5) is 12.2. The van der Waals surface area contributed by atoms with Gasteiger partial charge in [0.05, 0.1) is 31.5 Å². The van der Waals surface area contributed by atoms with E-state index in [1.165, 1.54) is 25.8 Å². The van der Waals surface area contributed by atoms with Crippen LogP contribution < -0.4 is 0 Å². The second kappa shape index (κ2) is 14.3. The minimum absolute atomic E-state index is 0.0366. The lowest BCUT2D eigenvalue weighted by Gasteiger charge is -2.43. The summed E-state index contributed by atoms with van der Waals surface area (Å²) in [6, 6.07) is 0. The number of sulfone groups is 1. The Kier molecular flexibility index (Phi) is 12.5. The van der Waals surface area contributed by atoms with Crippen molar-refractivity contribution in [3.63, 3.8) is 0 Å². The van der Waals surface area contributed by atoms with Gasteiger partial charge in [0, 0.05) is 24.0 Å². The monoisotopic (exact) mass is 560 g/mol. The van der Waals surface area contributed by atoms with Crippen molar-refractivity contribution in [1.82, 2.24) is 0 Å². The number of aliphatic hydroxyl groups excluding tert-OH is 5. The largest absolute Gasteiger partial charge is 0.457 e. The number of carbonyl (C=O) groups excluding carboxylic acids is 1. The Morgan fingerprint density at radius 1 is 0.972 bits per heavy atom. The van der Waals surface area contributed by atoms with Crippen molar-refractivity contribution in [3.05, 3.63) is 12.0 Å². The van der Waals surface area contributed by atoms with E-state index in [1.54, 1.807) is 0 Å². The third kappa shape index (κ3) is 8.59. The molecule has 0 aromatic carbocycles. The highest BCUT2D eigenvalue weighted by Crippen LogP contribution is 2.27. The van der Waals surface area contributed by atoms with Gasteiger partial charge in [0.1, 0.15) is 42.7 Å². The molecule has 10 atom stereocenters. The number of hydrogen-bond donors (Lipinski definition) is 5. The molecule has 36 heavy (non-hydrogen) atoms. The van der Waals surface area contributed by atoms with Crippen LogP contribution in [0, 0.1) is 0 Å². The summed E-state index contributed by atoms with van der Waals surface area (Å²) in [7, 11) is -1.93. The van der Waals surface area contributed by atoms with Gasteiger partial charge in [0.15, 0.2) is 22.2 Å². The standard InChI is InChI=1S/C21H36O13S2/c1-4-36(28,29)8-7-35-6-5-14(22)34-20-11(2)32-13(16(24)18(20)26)10-31-21-19(27)17(25)15(23)12(33-21)9-30-3/h4,11-13,15-21,23-27H,1,5-10H2,2-3H3. The zero-order valence-corrected chi connectivity index (χ0v) is 21.8. The average molecular weight is 561 g/mol. The molecule has 2 saturated heterocycles. The first-order chi connectivity index (χ1) is 16.9. The van der Waals surface area contributed by atoms with Gasteiger partial charge in [-0.25, -0.2) is 8.42 Å². The van der Waals surface area contributed by atoms with Crippen LogP contribution in [0.15, 0.2) is 12.0 Å². The van der Waals surface area contributed by atoms with Gasteiger partial charge in [-0.3, -0.25) is 4.79 Å². The first-order valence-corrected chi connectivity index (χ1v) is 14.2. The van der Waals surface area contributed by atoms with Crippen LogP contribution >= 0.6 is 11.8 Å². The number of methoxy groups -OCH3 is 1. The van der Waals surface area contributed by atoms with Crippen LogP contribution in [-0.4, -0.2) is 139 Å². The Labute approximate surface area is 214 Å². The Bertz CT molecular complexity index is 810. The van der Waals surface area contributed by atoms with Gasteiger partial charge in [-0.05, 0) is 6.92 Å². The summed E-state index contributed by atoms with van der Waals surface area (Å²) >= 11 is 1.25. The number of ether oxygens (including phenoxy) is 5. The molecule has 2 fully saturated rings. The maximum atomic E-state index is 12.2. The quantitative estimate of drug-likeness (QED) is 0.118. The van der Waals surface area contributed by atoms with E-state index in [-0.39, 0.29) is 31.1 Å². The highest BCUT2D eigenvalue weighted by Gasteiger charge is 2.47. The second-order valence-electron chi connectivity index (χ2n) is 8.51. The minimum atomic E-state index is -3.31. The van der Waals surface area contributed by atoms with E-state index in [1.807, 2.05) is 0 Å². The molecule has 0 spiro atoms. The fraction of sp³-hybridized carbons (Fsp3) is 0.857. The lowest BCUT2D eigenvalue weighted by atomic mass is 9.95. The van der Waals surface area contributed by atoms with E-state index in [9.17, 15) is 38.7 Å². The van der Waals surface area contributed by atoms with Crippen LogP contribution in [0.3, 0.4) is 0 Å². The van der Waals surface area contributed by atoms with E-state index in [4.69, 9.17) is 23.7 Å². The van der Waals surface area contributed by atoms with E-state index >= 15 is 0 Å². The molecule has 0 aliphatic carbocycles. The highest BCUT2D eigenvalue weighted by atomic mass is 32.2. The van der Waals surface area contributed by atoms with Crippen molar-refractivity contribution in [2.24, 2.45) is 0 Å². The maximum Gasteiger partial charge on any atom is 0.307 e. The second-order valence-corrected chi connectivity index (χ2v) is 11.8. The van der Waals surface area contributed by atoms with Gasteiger partial charge in [-0.15, -0.1) is 0 Å². The first kappa shape index (κ1) is 31.4. The summed E-state index contributed by atoms with van der Waals surface area (Å²) in [5.74, 6) is -0.148. The van der Waals surface area contributed by atoms with Gasteiger partial charge in [0.2, 0.25) is 0 Å². The van der Waals surface area contributed by atoms with Crippen molar-refractivity contribution in [2.75, 3.05) is 37.6 Å². The fourth-order valence-electron chi connectivity index (χ4n) is 3.70. The molecule has 2 aliphatic rings. The van der Waals surface area contributed by atoms with Gasteiger partial charge in [0.25, 0.3) is 0 Å². The Hall–Kier alpha value is -0.850. The van der Waals surface area contributed by atoms with E-state index in [0.717, 1.165) is 5.41 Å². The predicted molar refractivity (Wildman–Crippen MR) is 127 cm³/mol. The molecular formula is C21H36O13S2. The third-order valence-corrected chi connectivity index (χ3v) is 8.35. The van der Waals surface area contributed by atoms with Crippen molar-refractivity contribution in [2.45, 2.75) is 74.6 Å². The minimum Gasteiger partial charge on any atom is -0.457 e. The smallest absolute Gasteiger partial charge is 0.307 e. The molecule has 0 aromatic rings. The van der Waals surface area contributed by atoms with Crippen LogP contribution in [0.1, 0.15) is 13.3 Å². The topological polar surface area (TPSA) is 199 Å². The molecule has 2 aliphatic heterocycles. The molecular weight excluding hydrogens is 524 g/mol. The van der Waals surface area contributed by atoms with Crippen LogP contribution in [0.4, 0.5) is 0 Å². The van der Waals surface area contributed by atoms with Gasteiger partial charge in [-0.2, -0.15) is 11.8 Å². The van der Waals surface area contributed by atoms with Gasteiger partial charge < -0.3 is 49.2 Å². The molecule has 0 aromatic heterocycles. The number of carbonyl (C=O) groups is 1. The van der Waals surface area contributed by atoms with Crippen molar-refractivity contribution < 1.29 is 62.4 Å². The van der Waals surface area contributed by atoms with E-state index in [2.05, 4.69) is 6.58 Å². The molecule has 0 amide bonds. The van der Waals surface area contributed by atoms with Crippen LogP contribution in [-0.2, 0) is 38.3 Å². The molecule has 0 saturated carbocycles. The number of aliphatic hydroxyl groups is 5. The summed E-state index contributed by atoms with van der Waals surface area (Å²) in [6.07, 6.45) is -13.0. The molecule has 10 unspecified atom stereocenters.